The van der Waals surface area contributed by atoms with Gasteiger partial charge in [0.1, 0.15) is 12.4 Å². The third-order valence-electron chi connectivity index (χ3n) is 2.20. The van der Waals surface area contributed by atoms with Crippen molar-refractivity contribution >= 4 is 5.91 Å². The van der Waals surface area contributed by atoms with E-state index in [-0.39, 0.29) is 19.1 Å². The van der Waals surface area contributed by atoms with E-state index in [0.717, 1.165) is 0 Å². The summed E-state index contributed by atoms with van der Waals surface area (Å²) in [6.07, 6.45) is 1.96. The third kappa shape index (κ3) is 6.03. The third-order valence-corrected chi connectivity index (χ3v) is 2.20. The molecule has 0 saturated heterocycles. The van der Waals surface area contributed by atoms with Crippen molar-refractivity contribution in [3.63, 3.8) is 0 Å². The normalized spacial score (nSPS) is 9.84. The van der Waals surface area contributed by atoms with Gasteiger partial charge in [-0.2, -0.15) is 0 Å². The van der Waals surface area contributed by atoms with E-state index in [9.17, 15) is 4.79 Å². The number of aliphatic hydroxyl groups is 1. The molecule has 0 aromatic heterocycles. The number of nitrogens with one attached hydrogen (secondary N) is 1. The van der Waals surface area contributed by atoms with Gasteiger partial charge in [-0.3, -0.25) is 9.63 Å². The fourth-order valence-electron chi connectivity index (χ4n) is 1.25. The second-order valence-electron chi connectivity index (χ2n) is 4.12. The van der Waals surface area contributed by atoms with Gasteiger partial charge in [0.05, 0.1) is 13.2 Å². The lowest BCUT2D eigenvalue weighted by molar-refractivity contribution is 0.0168. The fourth-order valence-corrected chi connectivity index (χ4v) is 1.25. The van der Waals surface area contributed by atoms with Gasteiger partial charge in [-0.15, -0.1) is 0 Å². The quantitative estimate of drug-likeness (QED) is 0.447. The van der Waals surface area contributed by atoms with Crippen molar-refractivity contribution in [3.8, 4) is 5.75 Å². The first-order valence-electron chi connectivity index (χ1n) is 6.02. The lowest BCUT2D eigenvalue weighted by Crippen LogP contribution is -2.25. The molecule has 0 radical (unpaired) electrons. The van der Waals surface area contributed by atoms with Crippen LogP contribution in [0.2, 0.25) is 0 Å². The van der Waals surface area contributed by atoms with Crippen molar-refractivity contribution in [1.29, 1.82) is 0 Å². The molecule has 19 heavy (non-hydrogen) atoms. The molecule has 0 aliphatic heterocycles. The van der Waals surface area contributed by atoms with E-state index in [4.69, 9.17) is 14.7 Å². The van der Waals surface area contributed by atoms with E-state index in [1.54, 1.807) is 24.3 Å². The number of benzene rings is 1. The van der Waals surface area contributed by atoms with Crippen LogP contribution in [0, 0.1) is 0 Å². The van der Waals surface area contributed by atoms with Crippen LogP contribution in [0.15, 0.2) is 35.9 Å². The molecule has 5 nitrogen and oxygen atoms in total. The molecule has 0 unspecified atom stereocenters. The molecule has 2 N–H and O–H groups in total. The van der Waals surface area contributed by atoms with Crippen molar-refractivity contribution in [3.05, 3.63) is 41.5 Å². The number of ether oxygens (including phenoxy) is 1. The Morgan fingerprint density at radius 3 is 2.89 bits per heavy atom. The molecule has 0 bridgehead atoms. The number of carbonyl (C=O) groups excluding carboxylic acids is 1. The Morgan fingerprint density at radius 2 is 2.21 bits per heavy atom. The minimum absolute atomic E-state index is 0.0580. The summed E-state index contributed by atoms with van der Waals surface area (Å²) >= 11 is 0. The highest BCUT2D eigenvalue weighted by Crippen LogP contribution is 2.13. The molecule has 1 rings (SSSR count). The van der Waals surface area contributed by atoms with Gasteiger partial charge in [-0.25, -0.2) is 5.48 Å². The number of carbonyl (C=O) groups is 1. The number of hydroxylamine groups is 1. The molecule has 104 valence electrons. The summed E-state index contributed by atoms with van der Waals surface area (Å²) in [6.45, 7) is 4.36. The topological polar surface area (TPSA) is 67.8 Å². The van der Waals surface area contributed by atoms with Crippen LogP contribution in [-0.4, -0.2) is 30.8 Å². The lowest BCUT2D eigenvalue weighted by Gasteiger charge is -2.07. The second kappa shape index (κ2) is 8.29. The summed E-state index contributed by atoms with van der Waals surface area (Å²) in [5.41, 5.74) is 3.85. The van der Waals surface area contributed by atoms with Crippen molar-refractivity contribution < 1.29 is 19.5 Å². The first kappa shape index (κ1) is 15.2. The van der Waals surface area contributed by atoms with E-state index in [2.05, 4.69) is 5.48 Å². The van der Waals surface area contributed by atoms with Crippen LogP contribution in [0.5, 0.6) is 5.75 Å². The van der Waals surface area contributed by atoms with Gasteiger partial charge >= 0.3 is 0 Å². The number of rotatable bonds is 7. The Labute approximate surface area is 112 Å². The van der Waals surface area contributed by atoms with Crippen LogP contribution in [0.25, 0.3) is 0 Å². The molecule has 5 heteroatoms. The maximum Gasteiger partial charge on any atom is 0.274 e. The average Bonchev–Trinajstić information content (AvgIpc) is 2.39. The second-order valence-corrected chi connectivity index (χ2v) is 4.12. The molecule has 0 aliphatic carbocycles. The first-order valence-corrected chi connectivity index (χ1v) is 6.02. The zero-order valence-electron chi connectivity index (χ0n) is 11.2. The Kier molecular flexibility index (Phi) is 6.63. The van der Waals surface area contributed by atoms with E-state index < -0.39 is 0 Å². The van der Waals surface area contributed by atoms with Crippen molar-refractivity contribution in [1.82, 2.24) is 5.48 Å². The smallest absolute Gasteiger partial charge is 0.274 e. The average molecular weight is 265 g/mol. The standard InChI is InChI=1S/C14H19NO4/c1-11(2)6-8-18-13-5-3-4-12(10-13)14(17)15-19-9-7-16/h3-6,10,16H,7-9H2,1-2H3,(H,15,17). The number of hydrogen-bond acceptors (Lipinski definition) is 4. The predicted molar refractivity (Wildman–Crippen MR) is 71.9 cm³/mol. The molecule has 0 heterocycles. The molecule has 0 atom stereocenters. The van der Waals surface area contributed by atoms with E-state index >= 15 is 0 Å². The molecule has 0 saturated carbocycles. The van der Waals surface area contributed by atoms with Crippen LogP contribution in [0.4, 0.5) is 0 Å². The van der Waals surface area contributed by atoms with Crippen molar-refractivity contribution in [2.24, 2.45) is 0 Å². The van der Waals surface area contributed by atoms with Crippen LogP contribution < -0.4 is 10.2 Å². The molecular weight excluding hydrogens is 246 g/mol. The van der Waals surface area contributed by atoms with Gasteiger partial charge in [-0.1, -0.05) is 11.6 Å². The van der Waals surface area contributed by atoms with Gasteiger partial charge in [-0.05, 0) is 38.1 Å². The summed E-state index contributed by atoms with van der Waals surface area (Å²) in [4.78, 5) is 16.4. The number of allylic oxidation sites excluding steroid dienone is 1. The van der Waals surface area contributed by atoms with E-state index in [1.165, 1.54) is 5.57 Å². The van der Waals surface area contributed by atoms with Crippen LogP contribution >= 0.6 is 0 Å². The largest absolute Gasteiger partial charge is 0.490 e. The predicted octanol–water partition coefficient (Wildman–Crippen LogP) is 1.69. The van der Waals surface area contributed by atoms with Crippen LogP contribution in [-0.2, 0) is 4.84 Å². The first-order chi connectivity index (χ1) is 9.13. The molecule has 0 fully saturated rings. The Hall–Kier alpha value is -1.85. The monoisotopic (exact) mass is 265 g/mol. The van der Waals surface area contributed by atoms with Gasteiger partial charge < -0.3 is 9.84 Å². The summed E-state index contributed by atoms with van der Waals surface area (Å²) < 4.78 is 5.50. The Balaban J connectivity index is 2.56. The summed E-state index contributed by atoms with van der Waals surface area (Å²) in [7, 11) is 0. The number of hydrogen-bond donors (Lipinski definition) is 2. The molecule has 0 spiro atoms. The van der Waals surface area contributed by atoms with Gasteiger partial charge in [0.2, 0.25) is 0 Å². The maximum atomic E-state index is 11.7. The van der Waals surface area contributed by atoms with Crippen molar-refractivity contribution in [2.45, 2.75) is 13.8 Å². The van der Waals surface area contributed by atoms with E-state index in [1.807, 2.05) is 19.9 Å². The fraction of sp³-hybridized carbons (Fsp3) is 0.357. The molecule has 1 aromatic rings. The SMILES string of the molecule is CC(C)=CCOc1cccc(C(=O)NOCCO)c1. The molecule has 0 aliphatic rings. The molecular formula is C14H19NO4. The highest BCUT2D eigenvalue weighted by atomic mass is 16.7. The summed E-state index contributed by atoms with van der Waals surface area (Å²) in [5.74, 6) is 0.244. The molecule has 1 aromatic carbocycles. The van der Waals surface area contributed by atoms with Gasteiger partial charge in [0.15, 0.2) is 0 Å². The summed E-state index contributed by atoms with van der Waals surface area (Å²) in [5, 5.41) is 8.53. The Morgan fingerprint density at radius 1 is 1.42 bits per heavy atom. The number of aliphatic hydroxyl groups excluding tert-OH is 1. The van der Waals surface area contributed by atoms with E-state index in [0.29, 0.717) is 17.9 Å². The molecule has 1 amide bonds. The van der Waals surface area contributed by atoms with Crippen LogP contribution in [0.3, 0.4) is 0 Å². The minimum Gasteiger partial charge on any atom is -0.490 e. The highest BCUT2D eigenvalue weighted by Gasteiger charge is 2.06. The minimum atomic E-state index is -0.374. The van der Waals surface area contributed by atoms with Crippen LogP contribution in [0.1, 0.15) is 24.2 Å². The zero-order chi connectivity index (χ0) is 14.1. The highest BCUT2D eigenvalue weighted by molar-refractivity contribution is 5.93. The maximum absolute atomic E-state index is 11.7. The zero-order valence-corrected chi connectivity index (χ0v) is 11.2. The Bertz CT molecular complexity index is 439. The lowest BCUT2D eigenvalue weighted by atomic mass is 10.2. The number of amides is 1. The van der Waals surface area contributed by atoms with Crippen molar-refractivity contribution in [2.75, 3.05) is 19.8 Å². The van der Waals surface area contributed by atoms with Gasteiger partial charge in [0, 0.05) is 5.56 Å². The summed E-state index contributed by atoms with van der Waals surface area (Å²) in [6, 6.07) is 6.81. The van der Waals surface area contributed by atoms with Gasteiger partial charge in [0.25, 0.3) is 5.91 Å².